The largest absolute Gasteiger partial charge is 0.348 e. The molecule has 14 heavy (non-hydrogen) atoms. The number of nitrogens with zero attached hydrogens (tertiary/aromatic N) is 3. The lowest BCUT2D eigenvalue weighted by Crippen LogP contribution is -2.40. The van der Waals surface area contributed by atoms with Gasteiger partial charge in [-0.2, -0.15) is 0 Å². The molecule has 2 atom stereocenters. The highest BCUT2D eigenvalue weighted by Gasteiger charge is 2.37. The number of alkyl halides is 1. The minimum absolute atomic E-state index is 0. The SMILES string of the molecule is C=C1C(N(C)C)N(C)C(Cl)N1C.Cl.N. The van der Waals surface area contributed by atoms with E-state index in [2.05, 4.69) is 16.4 Å². The van der Waals surface area contributed by atoms with Crippen LogP contribution in [0.25, 0.3) is 0 Å². The number of rotatable bonds is 1. The molecule has 4 nitrogen and oxygen atoms in total. The van der Waals surface area contributed by atoms with Crippen LogP contribution in [-0.2, 0) is 0 Å². The van der Waals surface area contributed by atoms with Gasteiger partial charge in [0.05, 0.1) is 0 Å². The van der Waals surface area contributed by atoms with Crippen molar-refractivity contribution in [3.63, 3.8) is 0 Å². The highest BCUT2D eigenvalue weighted by atomic mass is 35.5. The standard InChI is InChI=1S/C8H16ClN3.ClH.H3N/c1-6-7(10(2)3)12(5)8(9)11(6)4;;/h7-8H,1H2,2-5H3;1H;1H3. The number of hydrogen-bond acceptors (Lipinski definition) is 4. The van der Waals surface area contributed by atoms with Crippen molar-refractivity contribution in [2.45, 2.75) is 11.8 Å². The second-order valence-electron chi connectivity index (χ2n) is 3.42. The van der Waals surface area contributed by atoms with Gasteiger partial charge in [0, 0.05) is 12.7 Å². The molecule has 1 aliphatic heterocycles. The van der Waals surface area contributed by atoms with E-state index in [9.17, 15) is 0 Å². The average molecular weight is 243 g/mol. The Morgan fingerprint density at radius 1 is 1.36 bits per heavy atom. The molecule has 2 unspecified atom stereocenters. The van der Waals surface area contributed by atoms with Crippen molar-refractivity contribution in [1.82, 2.24) is 20.9 Å². The van der Waals surface area contributed by atoms with Crippen LogP contribution in [0.3, 0.4) is 0 Å². The molecule has 0 saturated carbocycles. The summed E-state index contributed by atoms with van der Waals surface area (Å²) in [5, 5.41) is 0. The summed E-state index contributed by atoms with van der Waals surface area (Å²) in [4.78, 5) is 6.15. The molecule has 1 fully saturated rings. The summed E-state index contributed by atoms with van der Waals surface area (Å²) in [5.74, 6) is 0. The summed E-state index contributed by atoms with van der Waals surface area (Å²) in [6.45, 7) is 4.00. The van der Waals surface area contributed by atoms with Crippen LogP contribution in [-0.4, -0.2) is 54.7 Å². The first-order valence-electron chi connectivity index (χ1n) is 3.91. The third-order valence-electron chi connectivity index (χ3n) is 2.28. The van der Waals surface area contributed by atoms with Crippen molar-refractivity contribution >= 4 is 24.0 Å². The minimum atomic E-state index is -0.0788. The maximum absolute atomic E-state index is 6.11. The van der Waals surface area contributed by atoms with Crippen LogP contribution in [0, 0.1) is 0 Å². The number of likely N-dealkylation sites (N-methyl/N-ethyl adjacent to an activating group) is 3. The van der Waals surface area contributed by atoms with Gasteiger partial charge in [0.1, 0.15) is 6.17 Å². The molecule has 6 heteroatoms. The molecule has 3 N–H and O–H groups in total. The lowest BCUT2D eigenvalue weighted by molar-refractivity contribution is 0.150. The van der Waals surface area contributed by atoms with Gasteiger partial charge in [0.15, 0.2) is 5.62 Å². The molecule has 0 aromatic rings. The lowest BCUT2D eigenvalue weighted by atomic mass is 10.3. The molecule has 1 heterocycles. The molecule has 1 rings (SSSR count). The Hall–Kier alpha value is -0.0000000000000000208. The molecule has 1 aliphatic rings. The predicted octanol–water partition coefficient (Wildman–Crippen LogP) is 1.37. The smallest absolute Gasteiger partial charge is 0.161 e. The number of halogens is 2. The van der Waals surface area contributed by atoms with E-state index in [1.54, 1.807) is 0 Å². The molecule has 1 saturated heterocycles. The highest BCUT2D eigenvalue weighted by Crippen LogP contribution is 2.28. The van der Waals surface area contributed by atoms with Gasteiger partial charge >= 0.3 is 0 Å². The zero-order chi connectivity index (χ0) is 9.46. The predicted molar refractivity (Wildman–Crippen MR) is 64.1 cm³/mol. The van der Waals surface area contributed by atoms with Crippen LogP contribution in [0.4, 0.5) is 0 Å². The van der Waals surface area contributed by atoms with Gasteiger partial charge in [0.2, 0.25) is 0 Å². The fraction of sp³-hybridized carbons (Fsp3) is 0.750. The van der Waals surface area contributed by atoms with Crippen LogP contribution in [0.2, 0.25) is 0 Å². The van der Waals surface area contributed by atoms with E-state index in [1.165, 1.54) is 0 Å². The Morgan fingerprint density at radius 3 is 1.93 bits per heavy atom. The topological polar surface area (TPSA) is 44.7 Å². The van der Waals surface area contributed by atoms with Crippen LogP contribution in [0.1, 0.15) is 0 Å². The molecule has 0 spiro atoms. The normalized spacial score (nSPS) is 27.6. The Balaban J connectivity index is 0. The van der Waals surface area contributed by atoms with Gasteiger partial charge in [-0.15, -0.1) is 12.4 Å². The average Bonchev–Trinajstić information content (AvgIpc) is 2.16. The van der Waals surface area contributed by atoms with E-state index in [0.717, 1.165) is 5.70 Å². The summed E-state index contributed by atoms with van der Waals surface area (Å²) in [6, 6.07) is 0. The zero-order valence-corrected chi connectivity index (χ0v) is 10.8. The van der Waals surface area contributed by atoms with Gasteiger partial charge in [-0.1, -0.05) is 18.2 Å². The Labute approximate surface area is 97.5 Å². The van der Waals surface area contributed by atoms with Gasteiger partial charge in [-0.05, 0) is 21.1 Å². The molecule has 0 bridgehead atoms. The Bertz CT molecular complexity index is 198. The quantitative estimate of drug-likeness (QED) is 0.558. The van der Waals surface area contributed by atoms with Crippen molar-refractivity contribution < 1.29 is 0 Å². The summed E-state index contributed by atoms with van der Waals surface area (Å²) in [5.41, 5.74) is 0.965. The summed E-state index contributed by atoms with van der Waals surface area (Å²) in [6.07, 6.45) is 0.220. The Kier molecular flexibility index (Phi) is 6.78. The Morgan fingerprint density at radius 2 is 1.79 bits per heavy atom. The van der Waals surface area contributed by atoms with Crippen molar-refractivity contribution in [2.75, 3.05) is 28.2 Å². The number of hydrogen-bond donors (Lipinski definition) is 1. The van der Waals surface area contributed by atoms with E-state index >= 15 is 0 Å². The first kappa shape index (κ1) is 16.4. The van der Waals surface area contributed by atoms with Crippen molar-refractivity contribution in [2.24, 2.45) is 0 Å². The highest BCUT2D eigenvalue weighted by molar-refractivity contribution is 6.20. The molecule has 0 aliphatic carbocycles. The summed E-state index contributed by atoms with van der Waals surface area (Å²) < 4.78 is 0. The first-order chi connectivity index (χ1) is 5.46. The molecule has 86 valence electrons. The van der Waals surface area contributed by atoms with E-state index in [0.29, 0.717) is 0 Å². The maximum atomic E-state index is 6.11. The van der Waals surface area contributed by atoms with E-state index < -0.39 is 0 Å². The molecular weight excluding hydrogens is 223 g/mol. The summed E-state index contributed by atoms with van der Waals surface area (Å²) >= 11 is 6.11. The molecule has 0 amide bonds. The third kappa shape index (κ3) is 2.52. The van der Waals surface area contributed by atoms with Crippen molar-refractivity contribution in [3.8, 4) is 0 Å². The van der Waals surface area contributed by atoms with Crippen LogP contribution < -0.4 is 6.15 Å². The van der Waals surface area contributed by atoms with Gasteiger partial charge in [-0.25, -0.2) is 0 Å². The first-order valence-corrected chi connectivity index (χ1v) is 4.34. The van der Waals surface area contributed by atoms with Crippen molar-refractivity contribution in [1.29, 1.82) is 0 Å². The molecular formula is C8H20Cl2N4. The lowest BCUT2D eigenvalue weighted by Gasteiger charge is -2.26. The second-order valence-corrected chi connectivity index (χ2v) is 3.81. The monoisotopic (exact) mass is 242 g/mol. The van der Waals surface area contributed by atoms with E-state index in [1.807, 2.05) is 33.1 Å². The fourth-order valence-corrected chi connectivity index (χ4v) is 1.84. The van der Waals surface area contributed by atoms with Gasteiger partial charge in [0.25, 0.3) is 0 Å². The fourth-order valence-electron chi connectivity index (χ4n) is 1.61. The molecule has 0 aromatic heterocycles. The van der Waals surface area contributed by atoms with Crippen molar-refractivity contribution in [3.05, 3.63) is 12.3 Å². The minimum Gasteiger partial charge on any atom is -0.348 e. The van der Waals surface area contributed by atoms with Crippen LogP contribution >= 0.6 is 24.0 Å². The zero-order valence-electron chi connectivity index (χ0n) is 9.20. The molecule has 0 radical (unpaired) electrons. The van der Waals surface area contributed by atoms with E-state index in [-0.39, 0.29) is 30.3 Å². The van der Waals surface area contributed by atoms with Gasteiger partial charge < -0.3 is 11.1 Å². The van der Waals surface area contributed by atoms with Crippen LogP contribution in [0.5, 0.6) is 0 Å². The summed E-state index contributed by atoms with van der Waals surface area (Å²) in [7, 11) is 8.00. The van der Waals surface area contributed by atoms with E-state index in [4.69, 9.17) is 11.6 Å². The second kappa shape index (κ2) is 5.78. The van der Waals surface area contributed by atoms with Crippen LogP contribution in [0.15, 0.2) is 12.3 Å². The third-order valence-corrected chi connectivity index (χ3v) is 2.88. The maximum Gasteiger partial charge on any atom is 0.161 e. The van der Waals surface area contributed by atoms with Gasteiger partial charge in [-0.3, -0.25) is 9.80 Å². The molecule has 0 aromatic carbocycles.